The van der Waals surface area contributed by atoms with Crippen molar-refractivity contribution in [1.82, 2.24) is 0 Å². The van der Waals surface area contributed by atoms with Gasteiger partial charge in [0.25, 0.3) is 0 Å². The standard InChI is InChI=1S/C19H36NO8P/c1-10(2)24-9-14-15(7-12(5)17(14)20)27-29(22,23)28-19(21)18-16(25-11(3)4)8-13(6)26-18/h10-18H,7-9,20H2,1-6H3,(H,22,23)/p-1. The van der Waals surface area contributed by atoms with Gasteiger partial charge in [-0.3, -0.25) is 4.57 Å². The minimum atomic E-state index is -4.91. The molecule has 0 aromatic carbocycles. The predicted molar refractivity (Wildman–Crippen MR) is 104 cm³/mol. The molecule has 0 spiro atoms. The summed E-state index contributed by atoms with van der Waals surface area (Å²) in [6.45, 7) is 11.4. The quantitative estimate of drug-likeness (QED) is 0.537. The zero-order valence-corrected chi connectivity index (χ0v) is 19.0. The molecular weight excluding hydrogens is 401 g/mol. The molecule has 8 atom stereocenters. The van der Waals surface area contributed by atoms with E-state index in [1.54, 1.807) is 6.92 Å². The van der Waals surface area contributed by atoms with Gasteiger partial charge in [-0.05, 0) is 47.0 Å². The van der Waals surface area contributed by atoms with Gasteiger partial charge >= 0.3 is 13.8 Å². The molecule has 29 heavy (non-hydrogen) atoms. The van der Waals surface area contributed by atoms with E-state index < -0.39 is 32.1 Å². The number of phosphoric ester groups is 1. The van der Waals surface area contributed by atoms with Gasteiger partial charge in [-0.2, -0.15) is 0 Å². The zero-order chi connectivity index (χ0) is 21.9. The maximum atomic E-state index is 12.5. The summed E-state index contributed by atoms with van der Waals surface area (Å²) in [5.74, 6) is -1.28. The Kier molecular flexibility index (Phi) is 8.68. The monoisotopic (exact) mass is 436 g/mol. The van der Waals surface area contributed by atoms with Crippen LogP contribution in [0, 0.1) is 11.8 Å². The topological polar surface area (TPSA) is 129 Å². The SMILES string of the molecule is CC(C)OCC1C(OP(=O)([O-])OC(=O)C2OC(C)CC2OC(C)C)CC(C)C1N. The summed E-state index contributed by atoms with van der Waals surface area (Å²) in [4.78, 5) is 24.9. The van der Waals surface area contributed by atoms with E-state index in [1.165, 1.54) is 0 Å². The minimum absolute atomic E-state index is 0.0185. The van der Waals surface area contributed by atoms with Gasteiger partial charge < -0.3 is 33.9 Å². The molecule has 9 nitrogen and oxygen atoms in total. The third-order valence-corrected chi connectivity index (χ3v) is 6.21. The predicted octanol–water partition coefficient (Wildman–Crippen LogP) is 1.76. The van der Waals surface area contributed by atoms with Crippen LogP contribution in [-0.4, -0.2) is 55.2 Å². The summed E-state index contributed by atoms with van der Waals surface area (Å²) in [7, 11) is -4.91. The van der Waals surface area contributed by atoms with Gasteiger partial charge in [0.05, 0.1) is 37.1 Å². The van der Waals surface area contributed by atoms with Crippen LogP contribution in [0.5, 0.6) is 0 Å². The molecule has 0 amide bonds. The largest absolute Gasteiger partial charge is 0.746 e. The number of nitrogens with two attached hydrogens (primary N) is 1. The first kappa shape index (κ1) is 24.7. The van der Waals surface area contributed by atoms with Crippen molar-refractivity contribution in [3.05, 3.63) is 0 Å². The second-order valence-corrected chi connectivity index (χ2v) is 9.95. The third-order valence-electron chi connectivity index (χ3n) is 5.28. The molecule has 1 aliphatic carbocycles. The van der Waals surface area contributed by atoms with Crippen molar-refractivity contribution in [3.8, 4) is 0 Å². The molecule has 0 aromatic heterocycles. The second-order valence-electron chi connectivity index (χ2n) is 8.66. The van der Waals surface area contributed by atoms with Crippen LogP contribution >= 0.6 is 7.82 Å². The molecule has 8 unspecified atom stereocenters. The van der Waals surface area contributed by atoms with Crippen LogP contribution in [0.15, 0.2) is 0 Å². The highest BCUT2D eigenvalue weighted by Gasteiger charge is 2.44. The summed E-state index contributed by atoms with van der Waals surface area (Å²) in [6, 6.07) is -0.266. The number of phosphoric acid groups is 1. The van der Waals surface area contributed by atoms with Crippen molar-refractivity contribution in [2.75, 3.05) is 6.61 Å². The summed E-state index contributed by atoms with van der Waals surface area (Å²) >= 11 is 0. The zero-order valence-electron chi connectivity index (χ0n) is 18.1. The van der Waals surface area contributed by atoms with Crippen molar-refractivity contribution in [2.24, 2.45) is 17.6 Å². The molecule has 1 saturated heterocycles. The lowest BCUT2D eigenvalue weighted by Gasteiger charge is -2.31. The number of rotatable bonds is 9. The van der Waals surface area contributed by atoms with Gasteiger partial charge in [0.1, 0.15) is 0 Å². The van der Waals surface area contributed by atoms with Gasteiger partial charge in [-0.25, -0.2) is 4.79 Å². The Balaban J connectivity index is 2.00. The molecule has 0 radical (unpaired) electrons. The highest BCUT2D eigenvalue weighted by Crippen LogP contribution is 2.47. The fourth-order valence-electron chi connectivity index (χ4n) is 3.89. The van der Waals surface area contributed by atoms with Crippen LogP contribution in [0.3, 0.4) is 0 Å². The van der Waals surface area contributed by atoms with Gasteiger partial charge in [-0.15, -0.1) is 0 Å². The molecule has 1 heterocycles. The highest BCUT2D eigenvalue weighted by atomic mass is 31.2. The summed E-state index contributed by atoms with van der Waals surface area (Å²) < 4.78 is 39.3. The van der Waals surface area contributed by atoms with E-state index in [-0.39, 0.29) is 42.8 Å². The molecule has 1 saturated carbocycles. The Bertz CT molecular complexity index is 601. The van der Waals surface area contributed by atoms with E-state index in [0.29, 0.717) is 12.8 Å². The van der Waals surface area contributed by atoms with E-state index in [1.807, 2.05) is 34.6 Å². The van der Waals surface area contributed by atoms with Crippen molar-refractivity contribution in [3.63, 3.8) is 0 Å². The van der Waals surface area contributed by atoms with Crippen molar-refractivity contribution in [1.29, 1.82) is 0 Å². The van der Waals surface area contributed by atoms with Crippen LogP contribution in [-0.2, 0) is 32.6 Å². The fourth-order valence-corrected chi connectivity index (χ4v) is 4.83. The highest BCUT2D eigenvalue weighted by molar-refractivity contribution is 7.46. The smallest absolute Gasteiger partial charge is 0.343 e. The van der Waals surface area contributed by atoms with Crippen molar-refractivity contribution >= 4 is 13.8 Å². The van der Waals surface area contributed by atoms with Crippen LogP contribution in [0.4, 0.5) is 0 Å². The van der Waals surface area contributed by atoms with Crippen LogP contribution in [0.1, 0.15) is 54.4 Å². The Morgan fingerprint density at radius 1 is 1.17 bits per heavy atom. The molecule has 2 aliphatic rings. The third kappa shape index (κ3) is 6.99. The number of ether oxygens (including phenoxy) is 3. The summed E-state index contributed by atoms with van der Waals surface area (Å²) in [5.41, 5.74) is 6.20. The lowest BCUT2D eigenvalue weighted by atomic mass is 10.0. The first-order chi connectivity index (χ1) is 13.4. The van der Waals surface area contributed by atoms with Gasteiger partial charge in [-0.1, -0.05) is 6.92 Å². The lowest BCUT2D eigenvalue weighted by molar-refractivity contribution is -0.232. The molecule has 2 N–H and O–H groups in total. The Hall–Kier alpha value is -0.540. The van der Waals surface area contributed by atoms with E-state index >= 15 is 0 Å². The molecule has 170 valence electrons. The minimum Gasteiger partial charge on any atom is -0.746 e. The number of hydrogen-bond donors (Lipinski definition) is 1. The normalized spacial score (nSPS) is 37.2. The molecule has 1 aliphatic heterocycles. The van der Waals surface area contributed by atoms with Gasteiger partial charge in [0.2, 0.25) is 0 Å². The molecular formula is C19H35NO8P-. The Labute approximate surface area is 173 Å². The Morgan fingerprint density at radius 3 is 2.41 bits per heavy atom. The van der Waals surface area contributed by atoms with E-state index in [2.05, 4.69) is 0 Å². The number of hydrogen-bond acceptors (Lipinski definition) is 9. The van der Waals surface area contributed by atoms with Crippen LogP contribution in [0.25, 0.3) is 0 Å². The van der Waals surface area contributed by atoms with Crippen molar-refractivity contribution in [2.45, 2.75) is 97.0 Å². The summed E-state index contributed by atoms with van der Waals surface area (Å²) in [5, 5.41) is 0. The molecule has 0 aromatic rings. The van der Waals surface area contributed by atoms with Crippen LogP contribution in [0.2, 0.25) is 0 Å². The van der Waals surface area contributed by atoms with Crippen LogP contribution < -0.4 is 10.6 Å². The van der Waals surface area contributed by atoms with Gasteiger partial charge in [0, 0.05) is 18.4 Å². The molecule has 2 fully saturated rings. The maximum absolute atomic E-state index is 12.5. The summed E-state index contributed by atoms with van der Waals surface area (Å²) in [6.07, 6.45) is -1.86. The Morgan fingerprint density at radius 2 is 1.83 bits per heavy atom. The average Bonchev–Trinajstić information content (AvgIpc) is 3.04. The maximum Gasteiger partial charge on any atom is 0.343 e. The first-order valence-corrected chi connectivity index (χ1v) is 11.8. The van der Waals surface area contributed by atoms with E-state index in [9.17, 15) is 14.3 Å². The van der Waals surface area contributed by atoms with Gasteiger partial charge in [0.15, 0.2) is 6.10 Å². The number of carbonyl (C=O) groups is 1. The van der Waals surface area contributed by atoms with E-state index in [0.717, 1.165) is 0 Å². The lowest BCUT2D eigenvalue weighted by Crippen LogP contribution is -2.38. The average molecular weight is 436 g/mol. The molecule has 2 rings (SSSR count). The van der Waals surface area contributed by atoms with Crippen molar-refractivity contribution < 1.29 is 37.5 Å². The molecule has 10 heteroatoms. The fraction of sp³-hybridized carbons (Fsp3) is 0.947. The number of carbonyl (C=O) groups excluding carboxylic acids is 1. The first-order valence-electron chi connectivity index (χ1n) is 10.3. The van der Waals surface area contributed by atoms with E-state index in [4.69, 9.17) is 29.0 Å². The second kappa shape index (κ2) is 10.2. The molecule has 0 bridgehead atoms.